The Balaban J connectivity index is 1.70. The number of benzene rings is 1. The van der Waals surface area contributed by atoms with Crippen LogP contribution in [0, 0.1) is 6.92 Å². The van der Waals surface area contributed by atoms with E-state index in [4.69, 9.17) is 23.8 Å². The van der Waals surface area contributed by atoms with Crippen LogP contribution >= 0.6 is 23.8 Å². The molecule has 1 fully saturated rings. The molecule has 0 spiro atoms. The monoisotopic (exact) mass is 445 g/mol. The van der Waals surface area contributed by atoms with Crippen molar-refractivity contribution in [2.75, 3.05) is 4.90 Å². The molecule has 4 heterocycles. The van der Waals surface area contributed by atoms with Gasteiger partial charge in [0.05, 0.1) is 23.6 Å². The third-order valence-corrected chi connectivity index (χ3v) is 6.08. The molecule has 2 atom stereocenters. The average Bonchev–Trinajstić information content (AvgIpc) is 3.35. The summed E-state index contributed by atoms with van der Waals surface area (Å²) in [4.78, 5) is 11.1. The lowest BCUT2D eigenvalue weighted by Crippen LogP contribution is -2.30. The minimum Gasteiger partial charge on any atom is -0.351 e. The van der Waals surface area contributed by atoms with Crippen LogP contribution in [0.4, 0.5) is 5.69 Å². The number of nitrogens with zero attached hydrogens (tertiary/aromatic N) is 4. The first kappa shape index (κ1) is 19.7. The molecule has 1 saturated heterocycles. The number of thiocarbonyl (C=S) groups is 1. The highest BCUT2D eigenvalue weighted by atomic mass is 35.5. The molecular weight excluding hydrogens is 426 g/mol. The molecule has 0 aliphatic carbocycles. The molecule has 154 valence electrons. The van der Waals surface area contributed by atoms with Crippen LogP contribution in [0.15, 0.2) is 85.3 Å². The Morgan fingerprint density at radius 3 is 2.48 bits per heavy atom. The topological polar surface area (TPSA) is 46.0 Å². The average molecular weight is 446 g/mol. The van der Waals surface area contributed by atoms with Crippen LogP contribution in [-0.4, -0.2) is 19.6 Å². The van der Waals surface area contributed by atoms with Crippen LogP contribution in [0.2, 0.25) is 5.02 Å². The third-order valence-electron chi connectivity index (χ3n) is 5.52. The van der Waals surface area contributed by atoms with Gasteiger partial charge in [-0.25, -0.2) is 0 Å². The van der Waals surface area contributed by atoms with Crippen molar-refractivity contribution in [3.05, 3.63) is 107 Å². The maximum atomic E-state index is 6.15. The van der Waals surface area contributed by atoms with Crippen molar-refractivity contribution in [1.29, 1.82) is 0 Å². The molecule has 0 saturated carbocycles. The fourth-order valence-electron chi connectivity index (χ4n) is 4.16. The van der Waals surface area contributed by atoms with Gasteiger partial charge in [0, 0.05) is 34.5 Å². The summed E-state index contributed by atoms with van der Waals surface area (Å²) in [7, 11) is 0. The van der Waals surface area contributed by atoms with E-state index in [-0.39, 0.29) is 12.1 Å². The second-order valence-corrected chi connectivity index (χ2v) is 8.24. The van der Waals surface area contributed by atoms with Gasteiger partial charge in [0.25, 0.3) is 0 Å². The van der Waals surface area contributed by atoms with Crippen LogP contribution in [0.3, 0.4) is 0 Å². The van der Waals surface area contributed by atoms with Gasteiger partial charge in [-0.1, -0.05) is 17.7 Å². The molecule has 5 rings (SSSR count). The molecule has 1 aliphatic rings. The summed E-state index contributed by atoms with van der Waals surface area (Å²) < 4.78 is 2.23. The first-order valence-electron chi connectivity index (χ1n) is 9.98. The Morgan fingerprint density at radius 2 is 1.77 bits per heavy atom. The Bertz CT molecular complexity index is 1210. The normalized spacial score (nSPS) is 18.3. The Kier molecular flexibility index (Phi) is 5.18. The van der Waals surface area contributed by atoms with Gasteiger partial charge in [0.2, 0.25) is 0 Å². The van der Waals surface area contributed by atoms with Crippen molar-refractivity contribution in [1.82, 2.24) is 19.9 Å². The number of rotatable bonds is 4. The van der Waals surface area contributed by atoms with Gasteiger partial charge in [-0.05, 0) is 79.8 Å². The maximum Gasteiger partial charge on any atom is 0.174 e. The van der Waals surface area contributed by atoms with E-state index in [1.54, 1.807) is 6.20 Å². The highest BCUT2D eigenvalue weighted by Crippen LogP contribution is 2.42. The van der Waals surface area contributed by atoms with Gasteiger partial charge in [-0.2, -0.15) is 0 Å². The van der Waals surface area contributed by atoms with Crippen molar-refractivity contribution in [2.45, 2.75) is 19.0 Å². The minimum atomic E-state index is -0.117. The fraction of sp³-hybridized carbons (Fsp3) is 0.125. The highest BCUT2D eigenvalue weighted by Gasteiger charge is 2.42. The van der Waals surface area contributed by atoms with E-state index in [0.29, 0.717) is 10.1 Å². The van der Waals surface area contributed by atoms with Gasteiger partial charge in [-0.3, -0.25) is 9.97 Å². The van der Waals surface area contributed by atoms with Gasteiger partial charge in [0.1, 0.15) is 6.04 Å². The summed E-state index contributed by atoms with van der Waals surface area (Å²) in [5.74, 6) is 0. The van der Waals surface area contributed by atoms with Gasteiger partial charge in [-0.15, -0.1) is 0 Å². The molecule has 0 unspecified atom stereocenters. The van der Waals surface area contributed by atoms with Crippen LogP contribution in [0.25, 0.3) is 5.69 Å². The molecule has 0 radical (unpaired) electrons. The number of hydrogen-bond acceptors (Lipinski definition) is 3. The summed E-state index contributed by atoms with van der Waals surface area (Å²) >= 11 is 12.0. The minimum absolute atomic E-state index is 0.113. The molecule has 7 heteroatoms. The fourth-order valence-corrected chi connectivity index (χ4v) is 4.64. The molecule has 0 bridgehead atoms. The van der Waals surface area contributed by atoms with E-state index >= 15 is 0 Å². The van der Waals surface area contributed by atoms with Crippen molar-refractivity contribution < 1.29 is 0 Å². The van der Waals surface area contributed by atoms with E-state index in [2.05, 4.69) is 49.9 Å². The lowest BCUT2D eigenvalue weighted by atomic mass is 10.0. The van der Waals surface area contributed by atoms with E-state index in [0.717, 1.165) is 28.5 Å². The number of anilines is 1. The van der Waals surface area contributed by atoms with Crippen molar-refractivity contribution >= 4 is 34.6 Å². The van der Waals surface area contributed by atoms with Crippen LogP contribution in [0.1, 0.15) is 29.2 Å². The number of nitrogens with one attached hydrogen (secondary N) is 1. The van der Waals surface area contributed by atoms with E-state index in [9.17, 15) is 0 Å². The molecule has 4 aromatic rings. The number of hydrogen-bond donors (Lipinski definition) is 1. The number of aromatic nitrogens is 3. The highest BCUT2D eigenvalue weighted by molar-refractivity contribution is 7.80. The van der Waals surface area contributed by atoms with Gasteiger partial charge in [0.15, 0.2) is 5.11 Å². The lowest BCUT2D eigenvalue weighted by molar-refractivity contribution is 0.548. The molecule has 1 aromatic carbocycles. The van der Waals surface area contributed by atoms with E-state index in [1.165, 1.54) is 0 Å². The summed E-state index contributed by atoms with van der Waals surface area (Å²) in [5, 5.41) is 4.84. The zero-order chi connectivity index (χ0) is 21.4. The first-order valence-corrected chi connectivity index (χ1v) is 10.8. The summed E-state index contributed by atoms with van der Waals surface area (Å²) in [5.41, 5.74) is 5.14. The van der Waals surface area contributed by atoms with Crippen LogP contribution in [-0.2, 0) is 0 Å². The van der Waals surface area contributed by atoms with Crippen molar-refractivity contribution in [3.8, 4) is 5.69 Å². The van der Waals surface area contributed by atoms with E-state index < -0.39 is 0 Å². The molecule has 5 nitrogen and oxygen atoms in total. The molecular formula is C24H20ClN5S. The smallest absolute Gasteiger partial charge is 0.174 e. The lowest BCUT2D eigenvalue weighted by Gasteiger charge is -2.29. The van der Waals surface area contributed by atoms with Crippen molar-refractivity contribution in [2.24, 2.45) is 0 Å². The summed E-state index contributed by atoms with van der Waals surface area (Å²) in [6.07, 6.45) is 5.47. The van der Waals surface area contributed by atoms with Crippen molar-refractivity contribution in [3.63, 3.8) is 0 Å². The maximum absolute atomic E-state index is 6.15. The predicted octanol–water partition coefficient (Wildman–Crippen LogP) is 5.41. The zero-order valence-corrected chi connectivity index (χ0v) is 18.4. The molecule has 0 amide bonds. The van der Waals surface area contributed by atoms with Crippen LogP contribution < -0.4 is 10.2 Å². The number of pyridine rings is 2. The summed E-state index contributed by atoms with van der Waals surface area (Å²) in [6.45, 7) is 2.10. The number of aryl methyl sites for hydroxylation is 1. The second kappa shape index (κ2) is 8.13. The Labute approximate surface area is 191 Å². The SMILES string of the molecule is Cc1ccc([C@H]2[C@@H](c3ccccn3)NC(=S)N2c2ccc(Cl)cc2)n1-c1cccnc1. The largest absolute Gasteiger partial charge is 0.351 e. The Hall–Kier alpha value is -3.22. The van der Waals surface area contributed by atoms with E-state index in [1.807, 2.05) is 60.9 Å². The van der Waals surface area contributed by atoms with Gasteiger partial charge < -0.3 is 14.8 Å². The van der Waals surface area contributed by atoms with Crippen LogP contribution in [0.5, 0.6) is 0 Å². The third kappa shape index (κ3) is 3.58. The number of halogens is 1. The molecule has 1 aliphatic heterocycles. The molecule has 3 aromatic heterocycles. The quantitative estimate of drug-likeness (QED) is 0.426. The second-order valence-electron chi connectivity index (χ2n) is 7.42. The summed E-state index contributed by atoms with van der Waals surface area (Å²) in [6, 6.07) is 21.8. The zero-order valence-electron chi connectivity index (χ0n) is 16.8. The molecule has 1 N–H and O–H groups in total. The standard InChI is InChI=1S/C24H20ClN5S/c1-16-7-12-21(29(16)19-5-4-13-26-15-19)23-22(20-6-2-3-14-27-20)28-24(31)30(23)18-10-8-17(25)9-11-18/h2-15,22-23H,1H3,(H,28,31)/t22-,23+/m1/s1. The first-order chi connectivity index (χ1) is 15.1. The Morgan fingerprint density at radius 1 is 0.935 bits per heavy atom. The van der Waals surface area contributed by atoms with Gasteiger partial charge >= 0.3 is 0 Å². The molecule has 31 heavy (non-hydrogen) atoms. The predicted molar refractivity (Wildman–Crippen MR) is 128 cm³/mol.